The minimum Gasteiger partial charge on any atom is -0.486 e. The summed E-state index contributed by atoms with van der Waals surface area (Å²) in [6.45, 7) is 0.863. The van der Waals surface area contributed by atoms with Crippen LogP contribution in [0.1, 0.15) is 10.4 Å². The Morgan fingerprint density at radius 2 is 1.87 bits per heavy atom. The second kappa shape index (κ2) is 8.40. The van der Waals surface area contributed by atoms with Crippen LogP contribution in [0.2, 0.25) is 0 Å². The third-order valence-electron chi connectivity index (χ3n) is 4.74. The van der Waals surface area contributed by atoms with Crippen LogP contribution in [0, 0.1) is 0 Å². The Balaban J connectivity index is 1.37. The summed E-state index contributed by atoms with van der Waals surface area (Å²) in [7, 11) is -0.631. The Labute approximate surface area is 180 Å². The molecule has 31 heavy (non-hydrogen) atoms. The van der Waals surface area contributed by atoms with Gasteiger partial charge in [-0.2, -0.15) is 5.10 Å². The number of nitrogens with one attached hydrogen (secondary N) is 1. The number of hydrogen-bond acceptors (Lipinski definition) is 6. The second-order valence-electron chi connectivity index (χ2n) is 7.21. The number of carbonyl (C=O) groups excluding carboxylic acids is 1. The highest BCUT2D eigenvalue weighted by Crippen LogP contribution is 2.31. The van der Waals surface area contributed by atoms with E-state index in [-0.39, 0.29) is 16.9 Å². The van der Waals surface area contributed by atoms with E-state index in [0.717, 1.165) is 10.1 Å². The van der Waals surface area contributed by atoms with E-state index < -0.39 is 10.0 Å². The lowest BCUT2D eigenvalue weighted by Crippen LogP contribution is -2.33. The Morgan fingerprint density at radius 3 is 2.58 bits per heavy atom. The van der Waals surface area contributed by atoms with Crippen LogP contribution in [-0.2, 0) is 16.6 Å². The smallest absolute Gasteiger partial charge is 0.255 e. The first-order chi connectivity index (χ1) is 14.8. The van der Waals surface area contributed by atoms with E-state index in [1.54, 1.807) is 17.1 Å². The van der Waals surface area contributed by atoms with E-state index in [1.807, 2.05) is 24.3 Å². The molecular weight excluding hydrogens is 420 g/mol. The number of benzene rings is 2. The minimum atomic E-state index is -3.54. The summed E-state index contributed by atoms with van der Waals surface area (Å²) in [4.78, 5) is 12.6. The number of fused-ring (bicyclic) bond motifs is 1. The fourth-order valence-corrected chi connectivity index (χ4v) is 3.98. The van der Waals surface area contributed by atoms with Gasteiger partial charge in [-0.25, -0.2) is 12.7 Å². The number of carbonyl (C=O) groups is 1. The quantitative estimate of drug-likeness (QED) is 0.628. The van der Waals surface area contributed by atoms with Crippen molar-refractivity contribution in [2.24, 2.45) is 0 Å². The van der Waals surface area contributed by atoms with Crippen LogP contribution in [-0.4, -0.2) is 55.2 Å². The molecule has 1 N–H and O–H groups in total. The van der Waals surface area contributed by atoms with Crippen molar-refractivity contribution < 1.29 is 22.7 Å². The fraction of sp³-hybridized carbons (Fsp3) is 0.238. The topological polar surface area (TPSA) is 103 Å². The fourth-order valence-electron chi connectivity index (χ4n) is 3.08. The number of rotatable bonds is 6. The molecule has 1 aliphatic rings. The Bertz CT molecular complexity index is 1190. The van der Waals surface area contributed by atoms with Gasteiger partial charge in [-0.15, -0.1) is 0 Å². The van der Waals surface area contributed by atoms with Crippen LogP contribution in [0.5, 0.6) is 11.5 Å². The molecule has 10 heteroatoms. The van der Waals surface area contributed by atoms with Gasteiger partial charge in [-0.1, -0.05) is 12.1 Å². The lowest BCUT2D eigenvalue weighted by atomic mass is 10.2. The molecule has 0 bridgehead atoms. The number of para-hydroxylation sites is 2. The van der Waals surface area contributed by atoms with Crippen LogP contribution >= 0.6 is 0 Å². The van der Waals surface area contributed by atoms with Crippen LogP contribution in [0.25, 0.3) is 0 Å². The molecule has 4 rings (SSSR count). The summed E-state index contributed by atoms with van der Waals surface area (Å²) in [5, 5.41) is 7.02. The molecule has 2 aromatic carbocycles. The third kappa shape index (κ3) is 4.54. The van der Waals surface area contributed by atoms with Gasteiger partial charge in [-0.3, -0.25) is 9.48 Å². The highest BCUT2D eigenvalue weighted by molar-refractivity contribution is 7.89. The predicted octanol–water partition coefficient (Wildman–Crippen LogP) is 2.23. The third-order valence-corrected chi connectivity index (χ3v) is 6.57. The Morgan fingerprint density at radius 1 is 1.16 bits per heavy atom. The van der Waals surface area contributed by atoms with Crippen LogP contribution in [0.15, 0.2) is 65.8 Å². The molecule has 0 spiro atoms. The van der Waals surface area contributed by atoms with Crippen LogP contribution < -0.4 is 14.8 Å². The van der Waals surface area contributed by atoms with Crippen molar-refractivity contribution in [3.05, 3.63) is 66.5 Å². The predicted molar refractivity (Wildman–Crippen MR) is 114 cm³/mol. The maximum atomic E-state index is 12.5. The zero-order valence-electron chi connectivity index (χ0n) is 17.1. The lowest BCUT2D eigenvalue weighted by molar-refractivity contribution is 0.0759. The van der Waals surface area contributed by atoms with Gasteiger partial charge in [0.05, 0.1) is 23.3 Å². The number of aromatic nitrogens is 2. The van der Waals surface area contributed by atoms with E-state index in [9.17, 15) is 13.2 Å². The number of anilines is 1. The zero-order chi connectivity index (χ0) is 22.0. The summed E-state index contributed by atoms with van der Waals surface area (Å²) in [5.74, 6) is 1.05. The van der Waals surface area contributed by atoms with Gasteiger partial charge >= 0.3 is 0 Å². The molecule has 0 radical (unpaired) electrons. The van der Waals surface area contributed by atoms with Gasteiger partial charge in [0, 0.05) is 25.9 Å². The van der Waals surface area contributed by atoms with Crippen LogP contribution in [0.3, 0.4) is 0 Å². The number of sulfonamides is 1. The first-order valence-corrected chi connectivity index (χ1v) is 11.0. The van der Waals surface area contributed by atoms with Crippen molar-refractivity contribution in [1.82, 2.24) is 14.1 Å². The zero-order valence-corrected chi connectivity index (χ0v) is 17.9. The second-order valence-corrected chi connectivity index (χ2v) is 9.37. The van der Waals surface area contributed by atoms with Crippen molar-refractivity contribution in [3.8, 4) is 11.5 Å². The first kappa shape index (κ1) is 20.9. The van der Waals surface area contributed by atoms with E-state index in [0.29, 0.717) is 30.2 Å². The SMILES string of the molecule is CN(C)S(=O)(=O)c1ccc(C(=O)Nc2cnn(C[C@@H]3COc4ccccc4O3)c2)cc1. The average molecular weight is 442 g/mol. The van der Waals surface area contributed by atoms with E-state index in [2.05, 4.69) is 10.4 Å². The monoisotopic (exact) mass is 442 g/mol. The van der Waals surface area contributed by atoms with Gasteiger partial charge in [0.2, 0.25) is 10.0 Å². The molecule has 162 valence electrons. The van der Waals surface area contributed by atoms with Crippen molar-refractivity contribution in [3.63, 3.8) is 0 Å². The van der Waals surface area contributed by atoms with Gasteiger partial charge in [0.25, 0.3) is 5.91 Å². The summed E-state index contributed by atoms with van der Waals surface area (Å²) in [5.41, 5.74) is 0.859. The van der Waals surface area contributed by atoms with Crippen molar-refractivity contribution >= 4 is 21.6 Å². The lowest BCUT2D eigenvalue weighted by Gasteiger charge is -2.26. The Kier molecular flexibility index (Phi) is 5.66. The number of nitrogens with zero attached hydrogens (tertiary/aromatic N) is 3. The van der Waals surface area contributed by atoms with Crippen molar-refractivity contribution in [2.45, 2.75) is 17.5 Å². The van der Waals surface area contributed by atoms with E-state index in [1.165, 1.54) is 38.4 Å². The van der Waals surface area contributed by atoms with Gasteiger partial charge < -0.3 is 14.8 Å². The average Bonchev–Trinajstić information content (AvgIpc) is 3.20. The molecule has 0 unspecified atom stereocenters. The van der Waals surface area contributed by atoms with Gasteiger partial charge in [-0.05, 0) is 36.4 Å². The molecule has 2 heterocycles. The molecule has 0 aliphatic carbocycles. The summed E-state index contributed by atoms with van der Waals surface area (Å²) >= 11 is 0. The molecule has 0 saturated carbocycles. The Hall–Kier alpha value is -3.37. The highest BCUT2D eigenvalue weighted by atomic mass is 32.2. The van der Waals surface area contributed by atoms with Crippen molar-refractivity contribution in [1.29, 1.82) is 0 Å². The van der Waals surface area contributed by atoms with Gasteiger partial charge in [0.15, 0.2) is 17.6 Å². The number of amides is 1. The molecule has 3 aromatic rings. The van der Waals surface area contributed by atoms with Gasteiger partial charge in [0.1, 0.15) is 6.61 Å². The summed E-state index contributed by atoms with van der Waals surface area (Å²) < 4.78 is 38.7. The molecule has 1 aromatic heterocycles. The molecular formula is C21H22N4O5S. The normalized spacial score (nSPS) is 15.6. The van der Waals surface area contributed by atoms with Crippen LogP contribution in [0.4, 0.5) is 5.69 Å². The van der Waals surface area contributed by atoms with E-state index >= 15 is 0 Å². The first-order valence-electron chi connectivity index (χ1n) is 9.58. The largest absolute Gasteiger partial charge is 0.486 e. The number of hydrogen-bond donors (Lipinski definition) is 1. The van der Waals surface area contributed by atoms with Crippen molar-refractivity contribution in [2.75, 3.05) is 26.0 Å². The summed E-state index contributed by atoms with van der Waals surface area (Å²) in [6, 6.07) is 13.2. The molecule has 1 atom stereocenters. The molecule has 0 fully saturated rings. The maximum absolute atomic E-state index is 12.5. The number of ether oxygens (including phenoxy) is 2. The minimum absolute atomic E-state index is 0.123. The molecule has 1 amide bonds. The molecule has 9 nitrogen and oxygen atoms in total. The molecule has 1 aliphatic heterocycles. The summed E-state index contributed by atoms with van der Waals surface area (Å²) in [6.07, 6.45) is 3.04. The van der Waals surface area contributed by atoms with E-state index in [4.69, 9.17) is 9.47 Å². The maximum Gasteiger partial charge on any atom is 0.255 e. The standard InChI is InChI=1S/C21H22N4O5S/c1-24(2)31(27,28)18-9-7-15(8-10-18)21(26)23-16-11-22-25(12-16)13-17-14-29-19-5-3-4-6-20(19)30-17/h3-12,17H,13-14H2,1-2H3,(H,23,26)/t17-/m1/s1. The molecule has 0 saturated heterocycles. The highest BCUT2D eigenvalue weighted by Gasteiger charge is 2.22.